The van der Waals surface area contributed by atoms with Crippen LogP contribution < -0.4 is 5.73 Å². The van der Waals surface area contributed by atoms with Crippen LogP contribution in [0.1, 0.15) is 24.1 Å². The Balaban J connectivity index is 1.51. The summed E-state index contributed by atoms with van der Waals surface area (Å²) in [6.07, 6.45) is 0. The van der Waals surface area contributed by atoms with E-state index in [2.05, 4.69) is 10.1 Å². The molecule has 1 unspecified atom stereocenters. The predicted molar refractivity (Wildman–Crippen MR) is 111 cm³/mol. The van der Waals surface area contributed by atoms with Crippen LogP contribution in [0.25, 0.3) is 11.1 Å². The molecule has 1 aliphatic heterocycles. The zero-order valence-corrected chi connectivity index (χ0v) is 16.6. The second-order valence-corrected chi connectivity index (χ2v) is 7.17. The molecule has 1 aliphatic rings. The Morgan fingerprint density at radius 1 is 1.17 bits per heavy atom. The van der Waals surface area contributed by atoms with Gasteiger partial charge in [-0.15, -0.1) is 0 Å². The van der Waals surface area contributed by atoms with Crippen LogP contribution in [0.3, 0.4) is 0 Å². The highest BCUT2D eigenvalue weighted by atomic mass is 19.1. The fraction of sp³-hybridized carbons (Fsp3) is 0.273. The van der Waals surface area contributed by atoms with Gasteiger partial charge in [-0.25, -0.2) is 4.39 Å². The lowest BCUT2D eigenvalue weighted by Crippen LogP contribution is -2.44. The second-order valence-electron chi connectivity index (χ2n) is 7.17. The van der Waals surface area contributed by atoms with E-state index in [-0.39, 0.29) is 17.5 Å². The highest BCUT2D eigenvalue weighted by Crippen LogP contribution is 2.31. The van der Waals surface area contributed by atoms with Crippen molar-refractivity contribution in [2.75, 3.05) is 26.3 Å². The third-order valence-electron chi connectivity index (χ3n) is 5.19. The smallest absolute Gasteiger partial charge is 0.253 e. The number of nitrogens with zero attached hydrogens (tertiary/aromatic N) is 3. The van der Waals surface area contributed by atoms with Crippen LogP contribution >= 0.6 is 0 Å². The Bertz CT molecular complexity index is 1040. The van der Waals surface area contributed by atoms with Crippen molar-refractivity contribution in [3.8, 4) is 16.9 Å². The molecule has 2 heterocycles. The molecule has 0 spiro atoms. The van der Waals surface area contributed by atoms with Crippen LogP contribution in [0.2, 0.25) is 0 Å². The van der Waals surface area contributed by atoms with Gasteiger partial charge in [0.05, 0.1) is 18.9 Å². The Kier molecular flexibility index (Phi) is 5.67. The fourth-order valence-electron chi connectivity index (χ4n) is 3.36. The summed E-state index contributed by atoms with van der Waals surface area (Å²) in [5.41, 5.74) is 8.61. The van der Waals surface area contributed by atoms with Crippen molar-refractivity contribution in [1.82, 2.24) is 10.1 Å². The van der Waals surface area contributed by atoms with E-state index in [0.717, 1.165) is 5.56 Å². The SMILES string of the molecule is CC(c1ccc(-c2ccc(O)cc2)c(F)c1)c1cc(/N=C(\N)N2CCOCC2)on1. The first-order valence-corrected chi connectivity index (χ1v) is 9.73. The first kappa shape index (κ1) is 19.9. The number of hydrogen-bond acceptors (Lipinski definition) is 5. The molecular formula is C22H23FN4O3. The number of rotatable bonds is 4. The normalized spacial score (nSPS) is 15.9. The van der Waals surface area contributed by atoms with Crippen LogP contribution in [-0.2, 0) is 4.74 Å². The molecule has 30 heavy (non-hydrogen) atoms. The second kappa shape index (κ2) is 8.54. The summed E-state index contributed by atoms with van der Waals surface area (Å²) < 4.78 is 25.4. The maximum Gasteiger partial charge on any atom is 0.253 e. The standard InChI is InChI=1S/C22H23FN4O3/c1-14(16-4-7-18(19(23)12-16)15-2-5-17(28)6-3-15)20-13-21(30-26-20)25-22(24)27-8-10-29-11-9-27/h2-7,12-14,28H,8-11H2,1H3,(H2,24,25). The van der Waals surface area contributed by atoms with Crippen LogP contribution in [0.4, 0.5) is 10.3 Å². The first-order chi connectivity index (χ1) is 14.5. The summed E-state index contributed by atoms with van der Waals surface area (Å²) in [6.45, 7) is 4.51. The lowest BCUT2D eigenvalue weighted by Gasteiger charge is -2.27. The molecule has 0 aliphatic carbocycles. The number of phenolic OH excluding ortho intramolecular Hbond substituents is 1. The van der Waals surface area contributed by atoms with E-state index < -0.39 is 0 Å². The van der Waals surface area contributed by atoms with Gasteiger partial charge in [-0.2, -0.15) is 4.99 Å². The lowest BCUT2D eigenvalue weighted by atomic mass is 9.95. The molecule has 156 valence electrons. The van der Waals surface area contributed by atoms with E-state index in [0.29, 0.717) is 55.0 Å². The molecular weight excluding hydrogens is 387 g/mol. The largest absolute Gasteiger partial charge is 0.508 e. The third kappa shape index (κ3) is 4.28. The van der Waals surface area contributed by atoms with Crippen molar-refractivity contribution in [2.24, 2.45) is 10.7 Å². The molecule has 7 nitrogen and oxygen atoms in total. The van der Waals surface area contributed by atoms with Gasteiger partial charge in [0.2, 0.25) is 0 Å². The molecule has 1 saturated heterocycles. The monoisotopic (exact) mass is 410 g/mol. The number of halogens is 1. The molecule has 3 N–H and O–H groups in total. The summed E-state index contributed by atoms with van der Waals surface area (Å²) in [4.78, 5) is 6.22. The first-order valence-electron chi connectivity index (χ1n) is 9.73. The van der Waals surface area contributed by atoms with Crippen LogP contribution in [0.15, 0.2) is 58.0 Å². The Labute approximate surface area is 173 Å². The molecule has 0 bridgehead atoms. The lowest BCUT2D eigenvalue weighted by molar-refractivity contribution is 0.0675. The average molecular weight is 410 g/mol. The van der Waals surface area contributed by atoms with Gasteiger partial charge in [0.15, 0.2) is 5.96 Å². The summed E-state index contributed by atoms with van der Waals surface area (Å²) >= 11 is 0. The van der Waals surface area contributed by atoms with E-state index in [1.165, 1.54) is 18.2 Å². The van der Waals surface area contributed by atoms with Crippen LogP contribution in [-0.4, -0.2) is 47.4 Å². The van der Waals surface area contributed by atoms with Gasteiger partial charge in [0.1, 0.15) is 11.6 Å². The van der Waals surface area contributed by atoms with Gasteiger partial charge in [-0.05, 0) is 29.3 Å². The summed E-state index contributed by atoms with van der Waals surface area (Å²) in [5, 5.41) is 13.5. The van der Waals surface area contributed by atoms with E-state index in [4.69, 9.17) is 15.0 Å². The number of morpholine rings is 1. The number of phenols is 1. The van der Waals surface area contributed by atoms with Gasteiger partial charge < -0.3 is 25.0 Å². The maximum absolute atomic E-state index is 14.7. The van der Waals surface area contributed by atoms with Crippen molar-refractivity contribution < 1.29 is 18.8 Å². The van der Waals surface area contributed by atoms with Gasteiger partial charge >= 0.3 is 0 Å². The minimum Gasteiger partial charge on any atom is -0.508 e. The number of aromatic nitrogens is 1. The Morgan fingerprint density at radius 3 is 2.60 bits per heavy atom. The minimum absolute atomic E-state index is 0.142. The predicted octanol–water partition coefficient (Wildman–Crippen LogP) is 3.62. The molecule has 2 aromatic carbocycles. The molecule has 4 rings (SSSR count). The van der Waals surface area contributed by atoms with Gasteiger partial charge in [0.25, 0.3) is 5.88 Å². The number of hydrogen-bond donors (Lipinski definition) is 2. The fourth-order valence-corrected chi connectivity index (χ4v) is 3.36. The zero-order valence-electron chi connectivity index (χ0n) is 16.6. The molecule has 1 aromatic heterocycles. The van der Waals surface area contributed by atoms with Crippen molar-refractivity contribution in [3.63, 3.8) is 0 Å². The number of nitrogens with two attached hydrogens (primary N) is 1. The van der Waals surface area contributed by atoms with Gasteiger partial charge in [-0.1, -0.05) is 36.3 Å². The van der Waals surface area contributed by atoms with E-state index >= 15 is 0 Å². The quantitative estimate of drug-likeness (QED) is 0.504. The highest BCUT2D eigenvalue weighted by molar-refractivity contribution is 5.80. The van der Waals surface area contributed by atoms with Crippen molar-refractivity contribution in [2.45, 2.75) is 12.8 Å². The minimum atomic E-state index is -0.344. The van der Waals surface area contributed by atoms with Crippen LogP contribution in [0.5, 0.6) is 5.75 Å². The third-order valence-corrected chi connectivity index (χ3v) is 5.19. The molecule has 0 radical (unpaired) electrons. The number of ether oxygens (including phenoxy) is 1. The summed E-state index contributed by atoms with van der Waals surface area (Å²) in [6, 6.07) is 13.2. The van der Waals surface area contributed by atoms with Gasteiger partial charge in [-0.3, -0.25) is 0 Å². The maximum atomic E-state index is 14.7. The Morgan fingerprint density at radius 2 is 1.90 bits per heavy atom. The van der Waals surface area contributed by atoms with Crippen molar-refractivity contribution >= 4 is 11.8 Å². The molecule has 1 atom stereocenters. The molecule has 3 aromatic rings. The van der Waals surface area contributed by atoms with Crippen molar-refractivity contribution in [1.29, 1.82) is 0 Å². The number of guanidine groups is 1. The van der Waals surface area contributed by atoms with Crippen molar-refractivity contribution in [3.05, 3.63) is 65.6 Å². The number of benzene rings is 2. The summed E-state index contributed by atoms with van der Waals surface area (Å²) in [5.74, 6) is 0.275. The average Bonchev–Trinajstić information content (AvgIpc) is 3.23. The molecule has 0 amide bonds. The molecule has 8 heteroatoms. The Hall–Kier alpha value is -3.39. The number of aliphatic imine (C=N–C) groups is 1. The van der Waals surface area contributed by atoms with Crippen LogP contribution in [0, 0.1) is 5.82 Å². The van der Waals surface area contributed by atoms with E-state index in [1.807, 2.05) is 17.9 Å². The molecule has 1 fully saturated rings. The van der Waals surface area contributed by atoms with E-state index in [1.54, 1.807) is 24.3 Å². The van der Waals surface area contributed by atoms with E-state index in [9.17, 15) is 9.50 Å². The summed E-state index contributed by atoms with van der Waals surface area (Å²) in [7, 11) is 0. The topological polar surface area (TPSA) is 97.1 Å². The zero-order chi connectivity index (χ0) is 21.1. The van der Waals surface area contributed by atoms with Gasteiger partial charge in [0, 0.05) is 30.6 Å². The molecule has 0 saturated carbocycles. The highest BCUT2D eigenvalue weighted by Gasteiger charge is 2.18. The number of aromatic hydroxyl groups is 1.